The average Bonchev–Trinajstić information content (AvgIpc) is 3.11. The molecule has 1 aromatic carbocycles. The predicted molar refractivity (Wildman–Crippen MR) is 70.7 cm³/mol. The monoisotopic (exact) mass is 279 g/mol. The van der Waals surface area contributed by atoms with Crippen molar-refractivity contribution in [3.05, 3.63) is 34.3 Å². The highest BCUT2D eigenvalue weighted by Crippen LogP contribution is 2.45. The number of benzene rings is 1. The molecule has 2 heteroatoms. The number of likely N-dealkylation sites (tertiary alicyclic amines) is 1. The minimum absolute atomic E-state index is 0.811. The van der Waals surface area contributed by atoms with Crippen LogP contribution in [0.25, 0.3) is 0 Å². The lowest BCUT2D eigenvalue weighted by Gasteiger charge is -2.26. The van der Waals surface area contributed by atoms with E-state index in [1.165, 1.54) is 48.8 Å². The molecule has 1 aliphatic heterocycles. The van der Waals surface area contributed by atoms with Crippen LogP contribution in [0, 0.1) is 0 Å². The van der Waals surface area contributed by atoms with E-state index < -0.39 is 0 Å². The van der Waals surface area contributed by atoms with E-state index in [4.69, 9.17) is 0 Å². The van der Waals surface area contributed by atoms with Gasteiger partial charge in [-0.1, -0.05) is 34.5 Å². The van der Waals surface area contributed by atoms with Crippen molar-refractivity contribution in [3.8, 4) is 0 Å². The highest BCUT2D eigenvalue weighted by molar-refractivity contribution is 9.10. The van der Waals surface area contributed by atoms with Gasteiger partial charge in [0, 0.05) is 16.4 Å². The molecule has 0 radical (unpaired) electrons. The average molecular weight is 280 g/mol. The number of rotatable bonds is 2. The van der Waals surface area contributed by atoms with E-state index in [0.29, 0.717) is 0 Å². The van der Waals surface area contributed by atoms with Crippen LogP contribution in [0.3, 0.4) is 0 Å². The van der Waals surface area contributed by atoms with Crippen molar-refractivity contribution in [2.45, 2.75) is 37.6 Å². The van der Waals surface area contributed by atoms with Crippen molar-refractivity contribution in [2.24, 2.45) is 0 Å². The van der Waals surface area contributed by atoms with E-state index in [0.717, 1.165) is 12.0 Å². The molecule has 0 spiro atoms. The molecule has 2 aliphatic rings. The van der Waals surface area contributed by atoms with Crippen LogP contribution < -0.4 is 0 Å². The predicted octanol–water partition coefficient (Wildman–Crippen LogP) is 3.79. The normalized spacial score (nSPS) is 30.3. The van der Waals surface area contributed by atoms with Gasteiger partial charge in [0.1, 0.15) is 0 Å². The van der Waals surface area contributed by atoms with Gasteiger partial charge in [0.2, 0.25) is 0 Å². The summed E-state index contributed by atoms with van der Waals surface area (Å²) in [7, 11) is 0. The third-order valence-electron chi connectivity index (χ3n) is 3.91. The van der Waals surface area contributed by atoms with Gasteiger partial charge in [0.15, 0.2) is 0 Å². The van der Waals surface area contributed by atoms with Gasteiger partial charge in [-0.25, -0.2) is 0 Å². The molecular formula is C14H18BrN. The third kappa shape index (κ3) is 2.18. The molecule has 0 aromatic heterocycles. The van der Waals surface area contributed by atoms with Gasteiger partial charge in [-0.2, -0.15) is 0 Å². The van der Waals surface area contributed by atoms with E-state index in [2.05, 4.69) is 45.1 Å². The molecule has 1 saturated heterocycles. The van der Waals surface area contributed by atoms with Crippen LogP contribution in [-0.4, -0.2) is 24.0 Å². The summed E-state index contributed by atoms with van der Waals surface area (Å²) in [5, 5.41) is 0. The Kier molecular flexibility index (Phi) is 3.03. The van der Waals surface area contributed by atoms with Crippen molar-refractivity contribution in [1.82, 2.24) is 4.90 Å². The summed E-state index contributed by atoms with van der Waals surface area (Å²) in [6, 6.07) is 9.74. The Bertz CT molecular complexity index is 354. The third-order valence-corrected chi connectivity index (χ3v) is 4.44. The van der Waals surface area contributed by atoms with E-state index in [-0.39, 0.29) is 0 Å². The Hall–Kier alpha value is -0.340. The van der Waals surface area contributed by atoms with Crippen molar-refractivity contribution < 1.29 is 0 Å². The van der Waals surface area contributed by atoms with Crippen LogP contribution in [0.15, 0.2) is 28.7 Å². The smallest absolute Gasteiger partial charge is 0.0175 e. The summed E-state index contributed by atoms with van der Waals surface area (Å²) in [5.41, 5.74) is 1.53. The fraction of sp³-hybridized carbons (Fsp3) is 0.571. The van der Waals surface area contributed by atoms with Crippen molar-refractivity contribution >= 4 is 15.9 Å². The van der Waals surface area contributed by atoms with E-state index in [1.807, 2.05) is 0 Å². The fourth-order valence-electron chi connectivity index (χ4n) is 2.90. The molecule has 0 N–H and O–H groups in total. The largest absolute Gasteiger partial charge is 0.300 e. The molecule has 2 unspecified atom stereocenters. The summed E-state index contributed by atoms with van der Waals surface area (Å²) >= 11 is 3.50. The Labute approximate surface area is 106 Å². The Balaban J connectivity index is 1.64. The maximum atomic E-state index is 3.50. The number of nitrogens with zero attached hydrogens (tertiary/aromatic N) is 1. The first kappa shape index (κ1) is 10.8. The first-order valence-electron chi connectivity index (χ1n) is 6.34. The maximum absolute atomic E-state index is 3.50. The first-order chi connectivity index (χ1) is 7.84. The van der Waals surface area contributed by atoms with Crippen LogP contribution in [0.4, 0.5) is 0 Å². The topological polar surface area (TPSA) is 3.24 Å². The zero-order valence-electron chi connectivity index (χ0n) is 9.53. The van der Waals surface area contributed by atoms with Crippen LogP contribution in [0.1, 0.15) is 37.2 Å². The van der Waals surface area contributed by atoms with Gasteiger partial charge >= 0.3 is 0 Å². The van der Waals surface area contributed by atoms with Crippen LogP contribution in [-0.2, 0) is 0 Å². The molecule has 2 atom stereocenters. The molecule has 0 amide bonds. The summed E-state index contributed by atoms with van der Waals surface area (Å²) in [4.78, 5) is 2.70. The lowest BCUT2D eigenvalue weighted by atomic mass is 10.1. The molecular weight excluding hydrogens is 262 g/mol. The van der Waals surface area contributed by atoms with E-state index >= 15 is 0 Å². The first-order valence-corrected chi connectivity index (χ1v) is 7.13. The molecule has 3 rings (SSSR count). The second-order valence-corrected chi connectivity index (χ2v) is 5.97. The van der Waals surface area contributed by atoms with Crippen molar-refractivity contribution in [1.29, 1.82) is 0 Å². The second kappa shape index (κ2) is 4.50. The maximum Gasteiger partial charge on any atom is 0.0175 e. The SMILES string of the molecule is Brc1ccc(C2CC2N2CCCCC2)cc1. The lowest BCUT2D eigenvalue weighted by Crippen LogP contribution is -2.32. The van der Waals surface area contributed by atoms with E-state index in [1.54, 1.807) is 0 Å². The van der Waals surface area contributed by atoms with Gasteiger partial charge in [0.25, 0.3) is 0 Å². The van der Waals surface area contributed by atoms with Gasteiger partial charge in [-0.05, 0) is 50.0 Å². The van der Waals surface area contributed by atoms with Crippen molar-refractivity contribution in [3.63, 3.8) is 0 Å². The molecule has 1 nitrogen and oxygen atoms in total. The quantitative estimate of drug-likeness (QED) is 0.796. The number of halogens is 1. The molecule has 16 heavy (non-hydrogen) atoms. The molecule has 1 heterocycles. The Morgan fingerprint density at radius 1 is 1.00 bits per heavy atom. The molecule has 1 aromatic rings. The molecule has 2 fully saturated rings. The van der Waals surface area contributed by atoms with E-state index in [9.17, 15) is 0 Å². The summed E-state index contributed by atoms with van der Waals surface area (Å²) < 4.78 is 1.19. The zero-order chi connectivity index (χ0) is 11.0. The highest BCUT2D eigenvalue weighted by Gasteiger charge is 2.42. The van der Waals surface area contributed by atoms with Crippen LogP contribution in [0.5, 0.6) is 0 Å². The molecule has 0 bridgehead atoms. The van der Waals surface area contributed by atoms with Crippen LogP contribution in [0.2, 0.25) is 0 Å². The molecule has 86 valence electrons. The fourth-order valence-corrected chi connectivity index (χ4v) is 3.17. The minimum atomic E-state index is 0.811. The molecule has 1 aliphatic carbocycles. The van der Waals surface area contributed by atoms with Gasteiger partial charge < -0.3 is 0 Å². The second-order valence-electron chi connectivity index (χ2n) is 5.06. The van der Waals surface area contributed by atoms with Gasteiger partial charge in [0.05, 0.1) is 0 Å². The minimum Gasteiger partial charge on any atom is -0.300 e. The Morgan fingerprint density at radius 3 is 2.38 bits per heavy atom. The number of hydrogen-bond donors (Lipinski definition) is 0. The van der Waals surface area contributed by atoms with Crippen LogP contribution >= 0.6 is 15.9 Å². The number of piperidine rings is 1. The highest BCUT2D eigenvalue weighted by atomic mass is 79.9. The zero-order valence-corrected chi connectivity index (χ0v) is 11.1. The summed E-state index contributed by atoms with van der Waals surface area (Å²) in [6.45, 7) is 2.66. The number of hydrogen-bond acceptors (Lipinski definition) is 1. The standard InChI is InChI=1S/C14H18BrN/c15-12-6-4-11(5-7-12)13-10-14(13)16-8-2-1-3-9-16/h4-7,13-14H,1-3,8-10H2. The van der Waals surface area contributed by atoms with Gasteiger partial charge in [-0.15, -0.1) is 0 Å². The van der Waals surface area contributed by atoms with Gasteiger partial charge in [-0.3, -0.25) is 4.90 Å². The Morgan fingerprint density at radius 2 is 1.69 bits per heavy atom. The summed E-state index contributed by atoms with van der Waals surface area (Å²) in [6.07, 6.45) is 5.63. The molecule has 1 saturated carbocycles. The van der Waals surface area contributed by atoms with Crippen molar-refractivity contribution in [2.75, 3.05) is 13.1 Å². The lowest BCUT2D eigenvalue weighted by molar-refractivity contribution is 0.216. The summed E-state index contributed by atoms with van der Waals surface area (Å²) in [5.74, 6) is 0.811.